The Morgan fingerprint density at radius 3 is 2.56 bits per heavy atom. The second kappa shape index (κ2) is 10.9. The van der Waals surface area contributed by atoms with Crippen LogP contribution in [0.2, 0.25) is 0 Å². The third kappa shape index (κ3) is 6.04. The van der Waals surface area contributed by atoms with E-state index >= 15 is 0 Å². The summed E-state index contributed by atoms with van der Waals surface area (Å²) in [6, 6.07) is 17.5. The van der Waals surface area contributed by atoms with E-state index in [9.17, 15) is 14.4 Å². The van der Waals surface area contributed by atoms with Gasteiger partial charge in [-0.05, 0) is 36.4 Å². The van der Waals surface area contributed by atoms with Crippen LogP contribution >= 0.6 is 0 Å². The van der Waals surface area contributed by atoms with Gasteiger partial charge in [0.1, 0.15) is 35.2 Å². The molecule has 0 radical (unpaired) electrons. The van der Waals surface area contributed by atoms with Crippen molar-refractivity contribution in [3.63, 3.8) is 0 Å². The van der Waals surface area contributed by atoms with Crippen LogP contribution in [0.3, 0.4) is 0 Å². The molecule has 41 heavy (non-hydrogen) atoms. The summed E-state index contributed by atoms with van der Waals surface area (Å²) >= 11 is 0. The molecule has 3 heterocycles. The monoisotopic (exact) mass is 551 g/mol. The Labute approximate surface area is 235 Å². The summed E-state index contributed by atoms with van der Waals surface area (Å²) in [5.74, 6) is 0.888. The smallest absolute Gasteiger partial charge is 0.324 e. The van der Waals surface area contributed by atoms with Crippen LogP contribution in [0.15, 0.2) is 73.2 Å². The normalized spacial score (nSPS) is 11.1. The second-order valence-corrected chi connectivity index (χ2v) is 10.2. The Kier molecular flexibility index (Phi) is 7.18. The number of halogens is 1. The Morgan fingerprint density at radius 1 is 1.05 bits per heavy atom. The van der Waals surface area contributed by atoms with Gasteiger partial charge in [0.05, 0.1) is 28.7 Å². The van der Waals surface area contributed by atoms with Gasteiger partial charge >= 0.3 is 6.03 Å². The maximum Gasteiger partial charge on any atom is 0.324 e. The molecule has 0 saturated carbocycles. The van der Waals surface area contributed by atoms with E-state index in [0.717, 1.165) is 5.69 Å². The molecule has 0 aliphatic carbocycles. The molecule has 0 unspecified atom stereocenters. The van der Waals surface area contributed by atoms with E-state index in [-0.39, 0.29) is 16.9 Å². The van der Waals surface area contributed by atoms with Gasteiger partial charge in [-0.15, -0.1) is 10.2 Å². The third-order valence-electron chi connectivity index (χ3n) is 6.04. The van der Waals surface area contributed by atoms with Crippen molar-refractivity contribution in [2.45, 2.75) is 26.2 Å². The average Bonchev–Trinajstić information content (AvgIpc) is 3.57. The highest BCUT2D eigenvalue weighted by Crippen LogP contribution is 2.29. The highest BCUT2D eigenvalue weighted by Gasteiger charge is 2.22. The van der Waals surface area contributed by atoms with Gasteiger partial charge in [0.15, 0.2) is 5.82 Å². The van der Waals surface area contributed by atoms with E-state index in [0.29, 0.717) is 34.3 Å². The van der Waals surface area contributed by atoms with Gasteiger partial charge < -0.3 is 14.6 Å². The number of nitriles is 1. The first-order valence-corrected chi connectivity index (χ1v) is 12.6. The lowest BCUT2D eigenvalue weighted by atomic mass is 9.92. The topological polar surface area (TPSA) is 136 Å². The first kappa shape index (κ1) is 27.0. The fourth-order valence-electron chi connectivity index (χ4n) is 3.92. The summed E-state index contributed by atoms with van der Waals surface area (Å²) < 4.78 is 24.1. The quantitative estimate of drug-likeness (QED) is 0.272. The number of nitrogens with zero attached hydrogens (tertiary/aromatic N) is 7. The van der Waals surface area contributed by atoms with Crippen LogP contribution in [-0.2, 0) is 12.5 Å². The standard InChI is InChI=1S/C29H26FN9O2/c1-29(2,3)25-15-26(39(37-25)19-7-5-6-18(12-19)16-31)35-28(40)34-23-9-8-20(13-22(23)30)41-21-10-11-32-24(14-21)27-36-33-17-38(27)4/h5-15,17H,1-4H3,(H2,34,35,40). The molecule has 2 amide bonds. The fourth-order valence-corrected chi connectivity index (χ4v) is 3.92. The van der Waals surface area contributed by atoms with Crippen molar-refractivity contribution in [2.75, 3.05) is 10.6 Å². The van der Waals surface area contributed by atoms with Crippen LogP contribution in [0.25, 0.3) is 17.2 Å². The molecule has 0 aliphatic heterocycles. The van der Waals surface area contributed by atoms with E-state index < -0.39 is 11.8 Å². The molecular weight excluding hydrogens is 525 g/mol. The lowest BCUT2D eigenvalue weighted by molar-refractivity contribution is 0.262. The molecule has 0 saturated heterocycles. The summed E-state index contributed by atoms with van der Waals surface area (Å²) in [6.45, 7) is 5.99. The lowest BCUT2D eigenvalue weighted by Crippen LogP contribution is -2.22. The Balaban J connectivity index is 1.32. The fraction of sp³-hybridized carbons (Fsp3) is 0.172. The minimum absolute atomic E-state index is 0.0436. The van der Waals surface area contributed by atoms with Crippen LogP contribution in [0.5, 0.6) is 11.5 Å². The Hall–Kier alpha value is -5.57. The lowest BCUT2D eigenvalue weighted by Gasteiger charge is -2.14. The number of urea groups is 1. The molecule has 0 aliphatic rings. The van der Waals surface area contributed by atoms with Gasteiger partial charge in [-0.1, -0.05) is 26.8 Å². The van der Waals surface area contributed by atoms with Crippen molar-refractivity contribution in [2.24, 2.45) is 7.05 Å². The predicted octanol–water partition coefficient (Wildman–Crippen LogP) is 5.81. The van der Waals surface area contributed by atoms with Crippen molar-refractivity contribution in [1.29, 1.82) is 5.26 Å². The van der Waals surface area contributed by atoms with Gasteiger partial charge in [-0.2, -0.15) is 10.4 Å². The highest BCUT2D eigenvalue weighted by atomic mass is 19.1. The van der Waals surface area contributed by atoms with Crippen LogP contribution in [0, 0.1) is 17.1 Å². The van der Waals surface area contributed by atoms with Crippen molar-refractivity contribution in [3.8, 4) is 34.8 Å². The number of pyridine rings is 1. The SMILES string of the molecule is Cn1cnnc1-c1cc(Oc2ccc(NC(=O)Nc3cc(C(C)(C)C)nn3-c3cccc(C#N)c3)c(F)c2)ccn1. The van der Waals surface area contributed by atoms with Gasteiger partial charge in [-0.3, -0.25) is 10.3 Å². The van der Waals surface area contributed by atoms with E-state index in [1.165, 1.54) is 22.9 Å². The number of carbonyl (C=O) groups is 1. The maximum absolute atomic E-state index is 15.0. The number of aryl methyl sites for hydroxylation is 1. The summed E-state index contributed by atoms with van der Waals surface area (Å²) in [6.07, 6.45) is 3.12. The van der Waals surface area contributed by atoms with E-state index in [1.54, 1.807) is 66.6 Å². The van der Waals surface area contributed by atoms with Crippen LogP contribution in [0.4, 0.5) is 20.7 Å². The Morgan fingerprint density at radius 2 is 1.85 bits per heavy atom. The van der Waals surface area contributed by atoms with Crippen molar-refractivity contribution in [3.05, 3.63) is 90.3 Å². The molecule has 0 bridgehead atoms. The number of benzene rings is 2. The predicted molar refractivity (Wildman–Crippen MR) is 150 cm³/mol. The number of nitrogens with one attached hydrogen (secondary N) is 2. The molecule has 2 N–H and O–H groups in total. The van der Waals surface area contributed by atoms with Crippen LogP contribution in [-0.4, -0.2) is 35.6 Å². The number of carbonyl (C=O) groups excluding carboxylic acids is 1. The molecule has 2 aromatic carbocycles. The molecule has 206 valence electrons. The number of amides is 2. The Bertz CT molecular complexity index is 1780. The molecular formula is C29H26FN9O2. The first-order valence-electron chi connectivity index (χ1n) is 12.6. The largest absolute Gasteiger partial charge is 0.457 e. The van der Waals surface area contributed by atoms with Crippen molar-refractivity contribution >= 4 is 17.5 Å². The zero-order valence-electron chi connectivity index (χ0n) is 22.8. The zero-order chi connectivity index (χ0) is 29.1. The number of aromatic nitrogens is 6. The number of ether oxygens (including phenoxy) is 1. The van der Waals surface area contributed by atoms with E-state index in [1.807, 2.05) is 20.8 Å². The third-order valence-corrected chi connectivity index (χ3v) is 6.04. The second-order valence-electron chi connectivity index (χ2n) is 10.2. The molecule has 12 heteroatoms. The van der Waals surface area contributed by atoms with Gasteiger partial charge in [0, 0.05) is 36.9 Å². The molecule has 0 spiro atoms. The highest BCUT2D eigenvalue weighted by molar-refractivity contribution is 5.99. The number of rotatable bonds is 6. The molecule has 5 rings (SSSR count). The molecule has 0 fully saturated rings. The van der Waals surface area contributed by atoms with E-state index in [2.05, 4.69) is 37.0 Å². The number of anilines is 2. The van der Waals surface area contributed by atoms with Gasteiger partial charge in [-0.25, -0.2) is 13.9 Å². The number of hydrogen-bond donors (Lipinski definition) is 2. The minimum atomic E-state index is -0.689. The average molecular weight is 552 g/mol. The first-order chi connectivity index (χ1) is 19.6. The van der Waals surface area contributed by atoms with E-state index in [4.69, 9.17) is 4.74 Å². The van der Waals surface area contributed by atoms with Crippen LogP contribution < -0.4 is 15.4 Å². The van der Waals surface area contributed by atoms with Crippen LogP contribution in [0.1, 0.15) is 32.0 Å². The minimum Gasteiger partial charge on any atom is -0.457 e. The number of hydrogen-bond acceptors (Lipinski definition) is 7. The van der Waals surface area contributed by atoms with Crippen molar-refractivity contribution < 1.29 is 13.9 Å². The summed E-state index contributed by atoms with van der Waals surface area (Å²) in [5, 5.41) is 27.1. The van der Waals surface area contributed by atoms with Gasteiger partial charge in [0.2, 0.25) is 0 Å². The van der Waals surface area contributed by atoms with Crippen molar-refractivity contribution in [1.82, 2.24) is 29.5 Å². The summed E-state index contributed by atoms with van der Waals surface area (Å²) in [4.78, 5) is 17.2. The molecule has 0 atom stereocenters. The maximum atomic E-state index is 15.0. The zero-order valence-corrected chi connectivity index (χ0v) is 22.8. The van der Waals surface area contributed by atoms with Gasteiger partial charge in [0.25, 0.3) is 0 Å². The molecule has 11 nitrogen and oxygen atoms in total. The molecule has 3 aromatic heterocycles. The summed E-state index contributed by atoms with van der Waals surface area (Å²) in [5.41, 5.74) is 1.97. The summed E-state index contributed by atoms with van der Waals surface area (Å²) in [7, 11) is 1.80. The molecule has 5 aromatic rings.